The van der Waals surface area contributed by atoms with E-state index < -0.39 is 10.0 Å². The molecule has 0 heterocycles. The van der Waals surface area contributed by atoms with E-state index >= 15 is 0 Å². The first-order valence-electron chi connectivity index (χ1n) is 6.01. The molecule has 0 aliphatic heterocycles. The number of hydrogen-bond donors (Lipinski definition) is 3. The normalized spacial score (nSPS) is 10.9. The van der Waals surface area contributed by atoms with Crippen molar-refractivity contribution in [1.29, 1.82) is 5.26 Å². The number of aryl methyl sites for hydroxylation is 1. The smallest absolute Gasteiger partial charge is 0.238 e. The molecule has 5 N–H and O–H groups in total. The Kier molecular flexibility index (Phi) is 3.84. The lowest BCUT2D eigenvalue weighted by molar-refractivity contribution is 0.598. The summed E-state index contributed by atoms with van der Waals surface area (Å²) < 4.78 is 22.8. The third-order valence-corrected chi connectivity index (χ3v) is 3.80. The number of rotatable bonds is 3. The topological polar surface area (TPSA) is 122 Å². The summed E-state index contributed by atoms with van der Waals surface area (Å²) in [6, 6.07) is 11.5. The monoisotopic (exact) mass is 302 g/mol. The number of nitriles is 1. The summed E-state index contributed by atoms with van der Waals surface area (Å²) >= 11 is 0. The van der Waals surface area contributed by atoms with E-state index in [1.807, 2.05) is 13.0 Å². The highest BCUT2D eigenvalue weighted by molar-refractivity contribution is 7.89. The first-order chi connectivity index (χ1) is 9.79. The molecule has 21 heavy (non-hydrogen) atoms. The maximum atomic E-state index is 11.4. The Morgan fingerprint density at radius 1 is 1.19 bits per heavy atom. The van der Waals surface area contributed by atoms with Gasteiger partial charge in [-0.25, -0.2) is 13.6 Å². The van der Waals surface area contributed by atoms with Crippen molar-refractivity contribution < 1.29 is 8.42 Å². The number of nitrogens with one attached hydrogen (secondary N) is 1. The van der Waals surface area contributed by atoms with Crippen LogP contribution in [-0.2, 0) is 10.0 Å². The molecule has 0 bridgehead atoms. The summed E-state index contributed by atoms with van der Waals surface area (Å²) in [5.74, 6) is 0. The maximum Gasteiger partial charge on any atom is 0.238 e. The molecule has 0 fully saturated rings. The lowest BCUT2D eigenvalue weighted by Crippen LogP contribution is -2.12. The predicted molar refractivity (Wildman–Crippen MR) is 81.4 cm³/mol. The number of nitrogens with two attached hydrogens (primary N) is 2. The Hall–Kier alpha value is -2.56. The quantitative estimate of drug-likeness (QED) is 0.747. The Morgan fingerprint density at radius 2 is 1.90 bits per heavy atom. The van der Waals surface area contributed by atoms with Crippen LogP contribution >= 0.6 is 0 Å². The minimum atomic E-state index is -3.84. The van der Waals surface area contributed by atoms with E-state index in [1.54, 1.807) is 24.3 Å². The van der Waals surface area contributed by atoms with Crippen LogP contribution in [0, 0.1) is 18.3 Å². The first kappa shape index (κ1) is 14.8. The van der Waals surface area contributed by atoms with Gasteiger partial charge in [-0.05, 0) is 42.8 Å². The van der Waals surface area contributed by atoms with Gasteiger partial charge in [-0.3, -0.25) is 0 Å². The van der Waals surface area contributed by atoms with Crippen molar-refractivity contribution in [1.82, 2.24) is 0 Å². The van der Waals surface area contributed by atoms with Crippen LogP contribution in [0.25, 0.3) is 0 Å². The number of anilines is 3. The molecule has 0 saturated carbocycles. The lowest BCUT2D eigenvalue weighted by atomic mass is 10.1. The molecule has 0 unspecified atom stereocenters. The third kappa shape index (κ3) is 3.51. The molecule has 2 aromatic rings. The number of hydrogen-bond acceptors (Lipinski definition) is 5. The number of sulfonamides is 1. The summed E-state index contributed by atoms with van der Waals surface area (Å²) in [7, 11) is -3.84. The van der Waals surface area contributed by atoms with Gasteiger partial charge in [0, 0.05) is 17.1 Å². The van der Waals surface area contributed by atoms with Crippen LogP contribution in [0.3, 0.4) is 0 Å². The van der Waals surface area contributed by atoms with E-state index in [4.69, 9.17) is 16.1 Å². The first-order valence-corrected chi connectivity index (χ1v) is 7.55. The molecule has 0 radical (unpaired) electrons. The van der Waals surface area contributed by atoms with Gasteiger partial charge in [0.1, 0.15) is 0 Å². The van der Waals surface area contributed by atoms with Crippen molar-refractivity contribution in [2.24, 2.45) is 5.14 Å². The fraction of sp³-hybridized carbons (Fsp3) is 0.0714. The van der Waals surface area contributed by atoms with Gasteiger partial charge in [-0.1, -0.05) is 6.07 Å². The van der Waals surface area contributed by atoms with Gasteiger partial charge in [-0.2, -0.15) is 5.26 Å². The zero-order valence-corrected chi connectivity index (χ0v) is 12.1. The molecule has 0 aliphatic rings. The molecule has 0 spiro atoms. The minimum absolute atomic E-state index is 0.0703. The van der Waals surface area contributed by atoms with Crippen LogP contribution in [0.15, 0.2) is 41.3 Å². The van der Waals surface area contributed by atoms with Crippen molar-refractivity contribution in [3.05, 3.63) is 47.5 Å². The fourth-order valence-electron chi connectivity index (χ4n) is 1.84. The van der Waals surface area contributed by atoms with E-state index in [-0.39, 0.29) is 10.6 Å². The van der Waals surface area contributed by atoms with Crippen LogP contribution in [0.1, 0.15) is 11.1 Å². The lowest BCUT2D eigenvalue weighted by Gasteiger charge is -2.12. The predicted octanol–water partition coefficient (Wildman–Crippen LogP) is 1.84. The SMILES string of the molecule is Cc1ccc(C#N)cc1Nc1cc(N)cc(S(N)(=O)=O)c1. The zero-order chi connectivity index (χ0) is 15.6. The summed E-state index contributed by atoms with van der Waals surface area (Å²) in [6.45, 7) is 1.87. The van der Waals surface area contributed by atoms with Crippen LogP contribution in [0.4, 0.5) is 17.1 Å². The van der Waals surface area contributed by atoms with Crippen molar-refractivity contribution in [3.8, 4) is 6.07 Å². The summed E-state index contributed by atoms with van der Waals surface area (Å²) in [4.78, 5) is -0.0703. The van der Waals surface area contributed by atoms with Gasteiger partial charge in [0.2, 0.25) is 10.0 Å². The van der Waals surface area contributed by atoms with Crippen molar-refractivity contribution in [2.45, 2.75) is 11.8 Å². The van der Waals surface area contributed by atoms with E-state index in [0.717, 1.165) is 5.56 Å². The Labute approximate surface area is 123 Å². The molecule has 108 valence electrons. The average Bonchev–Trinajstić information content (AvgIpc) is 2.39. The minimum Gasteiger partial charge on any atom is -0.399 e. The van der Waals surface area contributed by atoms with Crippen molar-refractivity contribution >= 4 is 27.1 Å². The summed E-state index contributed by atoms with van der Waals surface area (Å²) in [6.07, 6.45) is 0. The van der Waals surface area contributed by atoms with Gasteiger partial charge < -0.3 is 11.1 Å². The second-order valence-electron chi connectivity index (χ2n) is 4.60. The van der Waals surface area contributed by atoms with Crippen LogP contribution < -0.4 is 16.2 Å². The fourth-order valence-corrected chi connectivity index (χ4v) is 2.43. The highest BCUT2D eigenvalue weighted by Gasteiger charge is 2.10. The van der Waals surface area contributed by atoms with Gasteiger partial charge in [-0.15, -0.1) is 0 Å². The number of nitrogens with zero attached hydrogens (tertiary/aromatic N) is 1. The van der Waals surface area contributed by atoms with E-state index in [9.17, 15) is 8.42 Å². The molecule has 0 saturated heterocycles. The Bertz CT molecular complexity index is 839. The molecule has 0 aliphatic carbocycles. The molecule has 0 atom stereocenters. The molecular formula is C14H14N4O2S. The summed E-state index contributed by atoms with van der Waals surface area (Å²) in [5.41, 5.74) is 8.56. The molecule has 0 amide bonds. The Balaban J connectivity index is 2.45. The van der Waals surface area contributed by atoms with E-state index in [0.29, 0.717) is 16.9 Å². The standard InChI is InChI=1S/C14H14N4O2S/c1-9-2-3-10(8-15)4-14(9)18-12-5-11(16)6-13(7-12)21(17,19)20/h2-7,18H,16H2,1H3,(H2,17,19,20). The van der Waals surface area contributed by atoms with Gasteiger partial charge in [0.25, 0.3) is 0 Å². The highest BCUT2D eigenvalue weighted by atomic mass is 32.2. The highest BCUT2D eigenvalue weighted by Crippen LogP contribution is 2.25. The van der Waals surface area contributed by atoms with Crippen LogP contribution in [0.2, 0.25) is 0 Å². The molecule has 2 rings (SSSR count). The molecule has 7 heteroatoms. The van der Waals surface area contributed by atoms with Gasteiger partial charge in [0.05, 0.1) is 16.5 Å². The number of primary sulfonamides is 1. The second-order valence-corrected chi connectivity index (χ2v) is 6.16. The zero-order valence-electron chi connectivity index (χ0n) is 11.3. The molecular weight excluding hydrogens is 288 g/mol. The largest absolute Gasteiger partial charge is 0.399 e. The van der Waals surface area contributed by atoms with E-state index in [2.05, 4.69) is 5.32 Å². The molecule has 2 aromatic carbocycles. The van der Waals surface area contributed by atoms with Crippen molar-refractivity contribution in [3.63, 3.8) is 0 Å². The second kappa shape index (κ2) is 5.44. The summed E-state index contributed by atoms with van der Waals surface area (Å²) in [5, 5.41) is 17.1. The van der Waals surface area contributed by atoms with Crippen LogP contribution in [-0.4, -0.2) is 8.42 Å². The molecule has 0 aromatic heterocycles. The van der Waals surface area contributed by atoms with Crippen molar-refractivity contribution in [2.75, 3.05) is 11.1 Å². The van der Waals surface area contributed by atoms with Gasteiger partial charge >= 0.3 is 0 Å². The number of nitrogen functional groups attached to an aromatic ring is 1. The van der Waals surface area contributed by atoms with E-state index in [1.165, 1.54) is 12.1 Å². The number of benzene rings is 2. The van der Waals surface area contributed by atoms with Crippen LogP contribution in [0.5, 0.6) is 0 Å². The Morgan fingerprint density at radius 3 is 2.52 bits per heavy atom. The van der Waals surface area contributed by atoms with Gasteiger partial charge in [0.15, 0.2) is 0 Å². The average molecular weight is 302 g/mol. The molecule has 6 nitrogen and oxygen atoms in total. The maximum absolute atomic E-state index is 11.4. The third-order valence-electron chi connectivity index (χ3n) is 2.90.